The maximum atomic E-state index is 13.6. The summed E-state index contributed by atoms with van der Waals surface area (Å²) in [6, 6.07) is 13.6. The Hall–Kier alpha value is -4.02. The molecule has 0 aliphatic carbocycles. The number of fused-ring (bicyclic) bond motifs is 1. The van der Waals surface area contributed by atoms with Gasteiger partial charge in [-0.25, -0.2) is 14.6 Å². The van der Waals surface area contributed by atoms with Crippen molar-refractivity contribution < 1.29 is 23.5 Å². The Kier molecular flexibility index (Phi) is 6.77. The number of carbonyl (C=O) groups excluding carboxylic acids is 2. The first kappa shape index (κ1) is 24.7. The van der Waals surface area contributed by atoms with Crippen molar-refractivity contribution in [2.45, 2.75) is 19.9 Å². The summed E-state index contributed by atoms with van der Waals surface area (Å²) in [6.07, 6.45) is 1.64. The molecule has 0 radical (unpaired) electrons. The fourth-order valence-electron chi connectivity index (χ4n) is 4.20. The van der Waals surface area contributed by atoms with Crippen molar-refractivity contribution in [2.24, 2.45) is 4.99 Å². The van der Waals surface area contributed by atoms with Gasteiger partial charge in [0.05, 0.1) is 35.1 Å². The Bertz CT molecular complexity index is 1710. The van der Waals surface area contributed by atoms with Gasteiger partial charge in [-0.1, -0.05) is 35.6 Å². The van der Waals surface area contributed by atoms with Crippen LogP contribution in [0.1, 0.15) is 40.9 Å². The molecule has 1 aliphatic heterocycles. The van der Waals surface area contributed by atoms with Crippen molar-refractivity contribution in [3.63, 3.8) is 0 Å². The third-order valence-corrected chi connectivity index (χ3v) is 7.74. The Morgan fingerprint density at radius 3 is 2.68 bits per heavy atom. The Morgan fingerprint density at radius 1 is 1.14 bits per heavy atom. The van der Waals surface area contributed by atoms with E-state index in [9.17, 15) is 14.4 Å². The number of furan rings is 1. The minimum absolute atomic E-state index is 0.219. The van der Waals surface area contributed by atoms with Crippen LogP contribution in [0.2, 0.25) is 0 Å². The topological polar surface area (TPSA) is 100 Å². The molecule has 37 heavy (non-hydrogen) atoms. The highest BCUT2D eigenvalue weighted by Gasteiger charge is 2.33. The van der Waals surface area contributed by atoms with E-state index in [0.717, 1.165) is 4.88 Å². The average molecular weight is 535 g/mol. The third-order valence-electron chi connectivity index (χ3n) is 5.83. The molecule has 188 valence electrons. The lowest BCUT2D eigenvalue weighted by Crippen LogP contribution is -2.39. The van der Waals surface area contributed by atoms with E-state index >= 15 is 0 Å². The number of thiazole rings is 1. The number of hydrogen-bond acceptors (Lipinski definition) is 9. The van der Waals surface area contributed by atoms with Crippen molar-refractivity contribution in [3.05, 3.63) is 101 Å². The van der Waals surface area contributed by atoms with Crippen molar-refractivity contribution in [3.8, 4) is 11.3 Å². The van der Waals surface area contributed by atoms with E-state index in [1.807, 2.05) is 17.5 Å². The highest BCUT2D eigenvalue weighted by molar-refractivity contribution is 7.10. The predicted molar refractivity (Wildman–Crippen MR) is 140 cm³/mol. The summed E-state index contributed by atoms with van der Waals surface area (Å²) in [7, 11) is 1.32. The van der Waals surface area contributed by atoms with E-state index < -0.39 is 18.0 Å². The average Bonchev–Trinajstić information content (AvgIpc) is 3.65. The molecule has 0 bridgehead atoms. The van der Waals surface area contributed by atoms with Crippen LogP contribution in [0.5, 0.6) is 0 Å². The van der Waals surface area contributed by atoms with Gasteiger partial charge in [0, 0.05) is 16.5 Å². The summed E-state index contributed by atoms with van der Waals surface area (Å²) in [5.74, 6) is -0.0505. The molecule has 10 heteroatoms. The zero-order valence-electron chi connectivity index (χ0n) is 20.2. The van der Waals surface area contributed by atoms with E-state index in [-0.39, 0.29) is 12.2 Å². The summed E-state index contributed by atoms with van der Waals surface area (Å²) in [6.45, 7) is 3.71. The number of carbonyl (C=O) groups is 2. The van der Waals surface area contributed by atoms with Gasteiger partial charge in [0.2, 0.25) is 0 Å². The smallest absolute Gasteiger partial charge is 0.338 e. The number of hydrogen-bond donors (Lipinski definition) is 0. The number of thiophene rings is 1. The number of rotatable bonds is 6. The monoisotopic (exact) mass is 534 g/mol. The molecule has 0 fully saturated rings. The van der Waals surface area contributed by atoms with Gasteiger partial charge in [0.15, 0.2) is 4.80 Å². The maximum absolute atomic E-state index is 13.6. The Balaban J connectivity index is 1.61. The van der Waals surface area contributed by atoms with E-state index in [2.05, 4.69) is 4.99 Å². The quantitative estimate of drug-likeness (QED) is 0.348. The molecule has 1 unspecified atom stereocenters. The first-order valence-electron chi connectivity index (χ1n) is 11.4. The second kappa shape index (κ2) is 10.2. The molecular weight excluding hydrogens is 512 g/mol. The van der Waals surface area contributed by atoms with E-state index in [0.29, 0.717) is 43.3 Å². The van der Waals surface area contributed by atoms with E-state index in [1.54, 1.807) is 56.3 Å². The van der Waals surface area contributed by atoms with Crippen LogP contribution in [0.3, 0.4) is 0 Å². The SMILES string of the molecule is CCOC(=O)C1=C(C)N=c2sc(=Cc3ccc(-c4ccccc4C(=O)OC)o3)c(=O)n2C1c1cccs1. The van der Waals surface area contributed by atoms with Crippen LogP contribution in [-0.2, 0) is 14.3 Å². The molecule has 1 aromatic carbocycles. The number of aromatic nitrogens is 1. The van der Waals surface area contributed by atoms with Crippen LogP contribution in [0.25, 0.3) is 17.4 Å². The number of allylic oxidation sites excluding steroid dienone is 1. The molecule has 4 aromatic rings. The first-order chi connectivity index (χ1) is 17.9. The molecule has 0 amide bonds. The van der Waals surface area contributed by atoms with Gasteiger partial charge < -0.3 is 13.9 Å². The molecule has 0 saturated heterocycles. The van der Waals surface area contributed by atoms with Gasteiger partial charge in [-0.05, 0) is 43.5 Å². The molecule has 0 spiro atoms. The number of nitrogens with zero attached hydrogens (tertiary/aromatic N) is 2. The van der Waals surface area contributed by atoms with Crippen LogP contribution >= 0.6 is 22.7 Å². The second-order valence-corrected chi connectivity index (χ2v) is 10.0. The fourth-order valence-corrected chi connectivity index (χ4v) is 6.05. The summed E-state index contributed by atoms with van der Waals surface area (Å²) in [5, 5.41) is 1.90. The summed E-state index contributed by atoms with van der Waals surface area (Å²) in [4.78, 5) is 44.6. The highest BCUT2D eigenvalue weighted by atomic mass is 32.1. The lowest BCUT2D eigenvalue weighted by atomic mass is 10.0. The fraction of sp³-hybridized carbons (Fsp3) is 0.185. The van der Waals surface area contributed by atoms with E-state index in [1.165, 1.54) is 34.4 Å². The Morgan fingerprint density at radius 2 is 1.95 bits per heavy atom. The first-order valence-corrected chi connectivity index (χ1v) is 13.1. The molecule has 8 nitrogen and oxygen atoms in total. The normalized spacial score (nSPS) is 15.3. The van der Waals surface area contributed by atoms with Gasteiger partial charge >= 0.3 is 11.9 Å². The number of methoxy groups -OCH3 is 1. The van der Waals surface area contributed by atoms with Crippen molar-refractivity contribution in [2.75, 3.05) is 13.7 Å². The second-order valence-electron chi connectivity index (χ2n) is 8.06. The largest absolute Gasteiger partial charge is 0.465 e. The summed E-state index contributed by atoms with van der Waals surface area (Å²) < 4.78 is 18.1. The van der Waals surface area contributed by atoms with E-state index in [4.69, 9.17) is 13.9 Å². The lowest BCUT2D eigenvalue weighted by molar-refractivity contribution is -0.139. The molecule has 4 heterocycles. The molecule has 3 aromatic heterocycles. The predicted octanol–water partition coefficient (Wildman–Crippen LogP) is 3.91. The highest BCUT2D eigenvalue weighted by Crippen LogP contribution is 2.33. The van der Waals surface area contributed by atoms with Crippen LogP contribution < -0.4 is 14.9 Å². The number of benzene rings is 1. The van der Waals surface area contributed by atoms with Crippen LogP contribution in [0, 0.1) is 0 Å². The van der Waals surface area contributed by atoms with Gasteiger partial charge in [0.25, 0.3) is 5.56 Å². The van der Waals surface area contributed by atoms with Crippen LogP contribution in [-0.4, -0.2) is 30.2 Å². The van der Waals surface area contributed by atoms with Crippen molar-refractivity contribution in [1.82, 2.24) is 4.57 Å². The van der Waals surface area contributed by atoms with Gasteiger partial charge in [0.1, 0.15) is 17.6 Å². The summed E-state index contributed by atoms with van der Waals surface area (Å²) in [5.41, 5.74) is 1.54. The molecule has 0 saturated carbocycles. The zero-order chi connectivity index (χ0) is 26.1. The summed E-state index contributed by atoms with van der Waals surface area (Å²) >= 11 is 2.68. The van der Waals surface area contributed by atoms with Crippen molar-refractivity contribution >= 4 is 40.7 Å². The minimum atomic E-state index is -0.628. The van der Waals surface area contributed by atoms with Gasteiger partial charge in [-0.3, -0.25) is 9.36 Å². The molecule has 0 N–H and O–H groups in total. The number of ether oxygens (including phenoxy) is 2. The van der Waals surface area contributed by atoms with Gasteiger partial charge in [-0.15, -0.1) is 11.3 Å². The molecular formula is C27H22N2O6S2. The zero-order valence-corrected chi connectivity index (χ0v) is 21.9. The van der Waals surface area contributed by atoms with Crippen LogP contribution in [0.15, 0.2) is 79.4 Å². The molecule has 5 rings (SSSR count). The standard InChI is InChI=1S/C27H22N2O6S2/c1-4-34-26(32)22-15(2)28-27-29(23(22)20-10-7-13-36-20)24(30)21(37-27)14-16-11-12-19(35-16)17-8-5-6-9-18(17)25(31)33-3/h5-14,23H,4H2,1-3H3. The number of esters is 2. The van der Waals surface area contributed by atoms with Gasteiger partial charge in [-0.2, -0.15) is 0 Å². The van der Waals surface area contributed by atoms with Crippen LogP contribution in [0.4, 0.5) is 0 Å². The minimum Gasteiger partial charge on any atom is -0.465 e. The van der Waals surface area contributed by atoms with Crippen molar-refractivity contribution in [1.29, 1.82) is 0 Å². The molecule has 1 atom stereocenters. The lowest BCUT2D eigenvalue weighted by Gasteiger charge is -2.23. The Labute approximate surface area is 219 Å². The molecule has 1 aliphatic rings. The maximum Gasteiger partial charge on any atom is 0.338 e. The third kappa shape index (κ3) is 4.49.